The fourth-order valence-electron chi connectivity index (χ4n) is 1.90. The van der Waals surface area contributed by atoms with Crippen molar-refractivity contribution in [2.75, 3.05) is 14.2 Å². The van der Waals surface area contributed by atoms with Crippen molar-refractivity contribution in [1.82, 2.24) is 9.78 Å². The molecule has 21 heavy (non-hydrogen) atoms. The highest BCUT2D eigenvalue weighted by atomic mass is 79.9. The van der Waals surface area contributed by atoms with E-state index in [4.69, 9.17) is 9.47 Å². The summed E-state index contributed by atoms with van der Waals surface area (Å²) in [5.41, 5.74) is 1.26. The van der Waals surface area contributed by atoms with E-state index in [0.717, 1.165) is 5.56 Å². The van der Waals surface area contributed by atoms with Crippen LogP contribution in [0.4, 0.5) is 0 Å². The van der Waals surface area contributed by atoms with Crippen molar-refractivity contribution in [2.24, 2.45) is 7.05 Å². The van der Waals surface area contributed by atoms with Crippen LogP contribution < -0.4 is 9.47 Å². The number of aryl methyl sites for hydroxylation is 1. The van der Waals surface area contributed by atoms with Crippen molar-refractivity contribution >= 4 is 27.8 Å². The van der Waals surface area contributed by atoms with E-state index in [1.807, 2.05) is 0 Å². The van der Waals surface area contributed by atoms with Gasteiger partial charge < -0.3 is 9.47 Å². The van der Waals surface area contributed by atoms with Crippen LogP contribution in [0.25, 0.3) is 6.08 Å². The summed E-state index contributed by atoms with van der Waals surface area (Å²) in [6.45, 7) is 0. The molecule has 6 heteroatoms. The lowest BCUT2D eigenvalue weighted by molar-refractivity contribution is 0.103. The Kier molecular flexibility index (Phi) is 4.80. The molecule has 0 aliphatic carbocycles. The molecule has 0 atom stereocenters. The molecule has 110 valence electrons. The Labute approximate surface area is 131 Å². The molecule has 2 aromatic rings. The van der Waals surface area contributed by atoms with Crippen LogP contribution >= 0.6 is 15.9 Å². The van der Waals surface area contributed by atoms with Gasteiger partial charge in [-0.3, -0.25) is 9.48 Å². The molecule has 0 amide bonds. The maximum atomic E-state index is 12.2. The molecule has 1 aromatic heterocycles. The Hall–Kier alpha value is -2.08. The van der Waals surface area contributed by atoms with E-state index in [2.05, 4.69) is 21.0 Å². The Bertz CT molecular complexity index is 673. The van der Waals surface area contributed by atoms with Crippen LogP contribution in [0.3, 0.4) is 0 Å². The molecular formula is C15H15BrN2O3. The minimum absolute atomic E-state index is 0.147. The first-order chi connectivity index (χ1) is 10.1. The van der Waals surface area contributed by atoms with Crippen LogP contribution in [0.5, 0.6) is 11.5 Å². The fraction of sp³-hybridized carbons (Fsp3) is 0.200. The molecule has 0 aliphatic heterocycles. The molecule has 0 bridgehead atoms. The van der Waals surface area contributed by atoms with Gasteiger partial charge in [0, 0.05) is 12.6 Å². The number of rotatable bonds is 5. The van der Waals surface area contributed by atoms with Crippen LogP contribution in [0.15, 0.2) is 34.9 Å². The van der Waals surface area contributed by atoms with Crippen molar-refractivity contribution in [1.29, 1.82) is 0 Å². The topological polar surface area (TPSA) is 53.4 Å². The summed E-state index contributed by atoms with van der Waals surface area (Å²) in [5, 5.41) is 4.02. The summed E-state index contributed by atoms with van der Waals surface area (Å²) in [6.07, 6.45) is 4.77. The largest absolute Gasteiger partial charge is 0.497 e. The zero-order chi connectivity index (χ0) is 15.4. The summed E-state index contributed by atoms with van der Waals surface area (Å²) >= 11 is 3.31. The van der Waals surface area contributed by atoms with Crippen LogP contribution in [0, 0.1) is 0 Å². The first-order valence-electron chi connectivity index (χ1n) is 6.18. The lowest BCUT2D eigenvalue weighted by Crippen LogP contribution is -2.04. The Balaban J connectivity index is 2.31. The quantitative estimate of drug-likeness (QED) is 0.614. The lowest BCUT2D eigenvalue weighted by Gasteiger charge is -2.07. The normalized spacial score (nSPS) is 10.9. The molecule has 0 saturated carbocycles. The number of aromatic nitrogens is 2. The molecule has 1 heterocycles. The third kappa shape index (κ3) is 3.33. The third-order valence-corrected chi connectivity index (χ3v) is 3.56. The number of carbonyl (C=O) groups is 1. The minimum atomic E-state index is -0.147. The molecule has 1 aromatic carbocycles. The summed E-state index contributed by atoms with van der Waals surface area (Å²) in [4.78, 5) is 12.2. The van der Waals surface area contributed by atoms with Gasteiger partial charge in [0.15, 0.2) is 0 Å². The van der Waals surface area contributed by atoms with E-state index < -0.39 is 0 Å². The summed E-state index contributed by atoms with van der Waals surface area (Å²) in [5.74, 6) is 1.22. The van der Waals surface area contributed by atoms with E-state index in [9.17, 15) is 4.79 Å². The number of nitrogens with zero attached hydrogens (tertiary/aromatic N) is 2. The van der Waals surface area contributed by atoms with Crippen molar-refractivity contribution < 1.29 is 14.3 Å². The SMILES string of the molecule is COc1ccc(OC)c(C=CC(=O)c2c(Br)cnn2C)c1. The highest BCUT2D eigenvalue weighted by Gasteiger charge is 2.12. The Morgan fingerprint density at radius 3 is 2.67 bits per heavy atom. The molecule has 0 aliphatic rings. The summed E-state index contributed by atoms with van der Waals surface area (Å²) in [7, 11) is 4.89. The second kappa shape index (κ2) is 6.58. The van der Waals surface area contributed by atoms with E-state index in [1.165, 1.54) is 10.8 Å². The van der Waals surface area contributed by atoms with Gasteiger partial charge >= 0.3 is 0 Å². The van der Waals surface area contributed by atoms with Crippen LogP contribution in [0.2, 0.25) is 0 Å². The predicted octanol–water partition coefficient (Wildman–Crippen LogP) is 3.10. The highest BCUT2D eigenvalue weighted by Crippen LogP contribution is 2.25. The lowest BCUT2D eigenvalue weighted by atomic mass is 10.1. The number of ketones is 1. The van der Waals surface area contributed by atoms with Crippen molar-refractivity contribution in [3.63, 3.8) is 0 Å². The molecule has 0 unspecified atom stereocenters. The van der Waals surface area contributed by atoms with Gasteiger partial charge in [0.05, 0.1) is 24.9 Å². The minimum Gasteiger partial charge on any atom is -0.497 e. The van der Waals surface area contributed by atoms with Crippen LogP contribution in [-0.2, 0) is 7.05 Å². The molecule has 0 radical (unpaired) electrons. The number of allylic oxidation sites excluding steroid dienone is 1. The second-order valence-corrected chi connectivity index (χ2v) is 5.12. The maximum Gasteiger partial charge on any atom is 0.205 e. The average molecular weight is 351 g/mol. The number of methoxy groups -OCH3 is 2. The van der Waals surface area contributed by atoms with Gasteiger partial charge in [-0.1, -0.05) is 0 Å². The zero-order valence-electron chi connectivity index (χ0n) is 12.0. The average Bonchev–Trinajstić information content (AvgIpc) is 2.83. The second-order valence-electron chi connectivity index (χ2n) is 4.27. The summed E-state index contributed by atoms with van der Waals surface area (Å²) < 4.78 is 12.6. The Morgan fingerprint density at radius 1 is 1.33 bits per heavy atom. The van der Waals surface area contributed by atoms with E-state index in [1.54, 1.807) is 51.7 Å². The monoisotopic (exact) mass is 350 g/mol. The first-order valence-corrected chi connectivity index (χ1v) is 6.98. The number of halogens is 1. The van der Waals surface area contributed by atoms with Gasteiger partial charge in [-0.05, 0) is 46.3 Å². The van der Waals surface area contributed by atoms with Gasteiger partial charge in [0.1, 0.15) is 17.2 Å². The molecule has 0 saturated heterocycles. The molecule has 0 spiro atoms. The first kappa shape index (κ1) is 15.3. The molecular weight excluding hydrogens is 336 g/mol. The van der Waals surface area contributed by atoms with Gasteiger partial charge in [-0.2, -0.15) is 5.10 Å². The van der Waals surface area contributed by atoms with Crippen molar-refractivity contribution in [3.05, 3.63) is 46.2 Å². The Morgan fingerprint density at radius 2 is 2.10 bits per heavy atom. The van der Waals surface area contributed by atoms with E-state index >= 15 is 0 Å². The maximum absolute atomic E-state index is 12.2. The smallest absolute Gasteiger partial charge is 0.205 e. The van der Waals surface area contributed by atoms with Crippen LogP contribution in [-0.4, -0.2) is 29.8 Å². The third-order valence-electron chi connectivity index (χ3n) is 2.98. The van der Waals surface area contributed by atoms with Gasteiger partial charge in [-0.25, -0.2) is 0 Å². The van der Waals surface area contributed by atoms with Crippen molar-refractivity contribution in [3.8, 4) is 11.5 Å². The standard InChI is InChI=1S/C15H15BrN2O3/c1-18-15(12(16)9-17-18)13(19)6-4-10-8-11(20-2)5-7-14(10)21-3/h4-9H,1-3H3. The molecule has 5 nitrogen and oxygen atoms in total. The number of carbonyl (C=O) groups excluding carboxylic acids is 1. The number of hydrogen-bond donors (Lipinski definition) is 0. The number of hydrogen-bond acceptors (Lipinski definition) is 4. The molecule has 0 N–H and O–H groups in total. The molecule has 0 fully saturated rings. The fourth-order valence-corrected chi connectivity index (χ4v) is 2.45. The highest BCUT2D eigenvalue weighted by molar-refractivity contribution is 9.10. The van der Waals surface area contributed by atoms with E-state index in [-0.39, 0.29) is 5.78 Å². The van der Waals surface area contributed by atoms with Crippen molar-refractivity contribution in [2.45, 2.75) is 0 Å². The van der Waals surface area contributed by atoms with Gasteiger partial charge in [-0.15, -0.1) is 0 Å². The zero-order valence-corrected chi connectivity index (χ0v) is 13.5. The van der Waals surface area contributed by atoms with E-state index in [0.29, 0.717) is 21.7 Å². The van der Waals surface area contributed by atoms with Crippen LogP contribution in [0.1, 0.15) is 16.1 Å². The van der Waals surface area contributed by atoms with Gasteiger partial charge in [0.25, 0.3) is 0 Å². The molecule has 2 rings (SSSR count). The predicted molar refractivity (Wildman–Crippen MR) is 83.8 cm³/mol. The summed E-state index contributed by atoms with van der Waals surface area (Å²) in [6, 6.07) is 5.40. The number of ether oxygens (including phenoxy) is 2. The number of benzene rings is 1. The van der Waals surface area contributed by atoms with Gasteiger partial charge in [0.2, 0.25) is 5.78 Å².